The molecule has 3 saturated heterocycles. The number of urea groups is 1. The molecule has 112 valence electrons. The van der Waals surface area contributed by atoms with Crippen molar-refractivity contribution in [2.75, 3.05) is 31.5 Å². The number of benzene rings is 1. The number of ketones is 1. The van der Waals surface area contributed by atoms with Crippen molar-refractivity contribution in [1.82, 2.24) is 9.80 Å². The van der Waals surface area contributed by atoms with E-state index in [1.54, 1.807) is 24.3 Å². The number of anilines is 1. The van der Waals surface area contributed by atoms with Crippen LogP contribution in [0.15, 0.2) is 24.3 Å². The van der Waals surface area contributed by atoms with Gasteiger partial charge in [0.05, 0.1) is 0 Å². The van der Waals surface area contributed by atoms with E-state index < -0.39 is 0 Å². The van der Waals surface area contributed by atoms with Gasteiger partial charge < -0.3 is 15.1 Å². The summed E-state index contributed by atoms with van der Waals surface area (Å²) in [5, 5.41) is 2.95. The van der Waals surface area contributed by atoms with Crippen LogP contribution in [-0.4, -0.2) is 53.8 Å². The van der Waals surface area contributed by atoms with Crippen LogP contribution in [0.5, 0.6) is 0 Å². The number of amides is 2. The Balaban J connectivity index is 1.66. The number of Topliss-reactive ketones (excluding diaryl/α,β-unsaturated/α-hetero) is 1. The number of rotatable bonds is 2. The summed E-state index contributed by atoms with van der Waals surface area (Å²) in [4.78, 5) is 28.1. The Labute approximate surface area is 124 Å². The first-order valence-electron chi connectivity index (χ1n) is 7.54. The van der Waals surface area contributed by atoms with Crippen molar-refractivity contribution in [2.45, 2.75) is 25.8 Å². The summed E-state index contributed by atoms with van der Waals surface area (Å²) >= 11 is 0. The predicted octanol–water partition coefficient (Wildman–Crippen LogP) is 2.20. The molecule has 5 heteroatoms. The molecular weight excluding hydrogens is 266 g/mol. The van der Waals surface area contributed by atoms with Crippen LogP contribution in [0.1, 0.15) is 30.1 Å². The zero-order valence-electron chi connectivity index (χ0n) is 12.3. The van der Waals surface area contributed by atoms with Crippen molar-refractivity contribution < 1.29 is 9.59 Å². The van der Waals surface area contributed by atoms with E-state index in [9.17, 15) is 9.59 Å². The molecule has 3 aliphatic heterocycles. The van der Waals surface area contributed by atoms with Gasteiger partial charge in [-0.05, 0) is 44.0 Å². The molecule has 0 radical (unpaired) electrons. The Bertz CT molecular complexity index is 533. The third-order valence-corrected chi connectivity index (χ3v) is 4.46. The summed E-state index contributed by atoms with van der Waals surface area (Å²) in [5.74, 6) is 0.0337. The molecule has 0 aromatic heterocycles. The van der Waals surface area contributed by atoms with E-state index in [1.165, 1.54) is 6.92 Å². The first-order chi connectivity index (χ1) is 10.1. The van der Waals surface area contributed by atoms with Gasteiger partial charge in [0.1, 0.15) is 0 Å². The lowest BCUT2D eigenvalue weighted by Gasteiger charge is -2.31. The van der Waals surface area contributed by atoms with Crippen LogP contribution in [0.2, 0.25) is 0 Å². The molecule has 0 atom stereocenters. The fourth-order valence-corrected chi connectivity index (χ4v) is 3.14. The molecule has 0 unspecified atom stereocenters. The highest BCUT2D eigenvalue weighted by atomic mass is 16.2. The van der Waals surface area contributed by atoms with Crippen LogP contribution in [0.25, 0.3) is 0 Å². The molecule has 0 saturated carbocycles. The fourth-order valence-electron chi connectivity index (χ4n) is 3.14. The van der Waals surface area contributed by atoms with Gasteiger partial charge in [0.2, 0.25) is 0 Å². The van der Waals surface area contributed by atoms with Gasteiger partial charge >= 0.3 is 6.03 Å². The van der Waals surface area contributed by atoms with Crippen LogP contribution < -0.4 is 5.32 Å². The third-order valence-electron chi connectivity index (χ3n) is 4.46. The summed E-state index contributed by atoms with van der Waals surface area (Å²) in [6.45, 7) is 5.50. The lowest BCUT2D eigenvalue weighted by Crippen LogP contribution is -2.43. The maximum atomic E-state index is 12.5. The minimum absolute atomic E-state index is 0.0284. The Hall–Kier alpha value is -1.88. The second-order valence-corrected chi connectivity index (χ2v) is 5.83. The molecule has 0 aliphatic carbocycles. The smallest absolute Gasteiger partial charge is 0.320 e. The number of carbonyl (C=O) groups is 2. The Morgan fingerprint density at radius 3 is 2.33 bits per heavy atom. The number of fused-ring (bicyclic) bond motifs is 4. The maximum absolute atomic E-state index is 12.5. The number of hydrogen-bond acceptors (Lipinski definition) is 3. The van der Waals surface area contributed by atoms with E-state index in [2.05, 4.69) is 10.2 Å². The number of nitrogens with zero attached hydrogens (tertiary/aromatic N) is 2. The van der Waals surface area contributed by atoms with Crippen molar-refractivity contribution in [3.05, 3.63) is 29.8 Å². The van der Waals surface area contributed by atoms with E-state index in [0.717, 1.165) is 44.7 Å². The molecule has 3 aliphatic rings. The lowest BCUT2D eigenvalue weighted by molar-refractivity contribution is 0.101. The van der Waals surface area contributed by atoms with E-state index in [0.29, 0.717) is 11.6 Å². The summed E-state index contributed by atoms with van der Waals surface area (Å²) < 4.78 is 0. The van der Waals surface area contributed by atoms with E-state index in [1.807, 2.05) is 4.90 Å². The number of carbonyl (C=O) groups excluding carboxylic acids is 2. The molecular formula is C16H21N3O2. The molecule has 21 heavy (non-hydrogen) atoms. The van der Waals surface area contributed by atoms with E-state index >= 15 is 0 Å². The van der Waals surface area contributed by atoms with Crippen LogP contribution in [0.4, 0.5) is 10.5 Å². The molecule has 3 fully saturated rings. The number of piperidine rings is 1. The molecule has 1 aromatic rings. The molecule has 3 heterocycles. The van der Waals surface area contributed by atoms with Gasteiger partial charge in [0, 0.05) is 43.5 Å². The highest BCUT2D eigenvalue weighted by Crippen LogP contribution is 2.21. The summed E-state index contributed by atoms with van der Waals surface area (Å²) in [6.07, 6.45) is 2.13. The largest absolute Gasteiger partial charge is 0.322 e. The number of hydrogen-bond donors (Lipinski definition) is 1. The molecule has 0 spiro atoms. The van der Waals surface area contributed by atoms with Gasteiger partial charge in [-0.15, -0.1) is 0 Å². The first-order valence-corrected chi connectivity index (χ1v) is 7.54. The quantitative estimate of drug-likeness (QED) is 0.848. The van der Waals surface area contributed by atoms with Crippen molar-refractivity contribution in [3.8, 4) is 0 Å². The second-order valence-electron chi connectivity index (χ2n) is 5.83. The van der Waals surface area contributed by atoms with Crippen LogP contribution >= 0.6 is 0 Å². The first kappa shape index (κ1) is 14.1. The average Bonchev–Trinajstić information content (AvgIpc) is 2.81. The molecule has 4 rings (SSSR count). The van der Waals surface area contributed by atoms with Gasteiger partial charge in [-0.2, -0.15) is 0 Å². The molecule has 1 aromatic carbocycles. The Kier molecular flexibility index (Phi) is 3.92. The van der Waals surface area contributed by atoms with Gasteiger partial charge in [-0.25, -0.2) is 4.79 Å². The van der Waals surface area contributed by atoms with Crippen LogP contribution in [-0.2, 0) is 0 Å². The van der Waals surface area contributed by atoms with Crippen molar-refractivity contribution in [1.29, 1.82) is 0 Å². The van der Waals surface area contributed by atoms with Crippen molar-refractivity contribution in [3.63, 3.8) is 0 Å². The predicted molar refractivity (Wildman–Crippen MR) is 81.6 cm³/mol. The lowest BCUT2D eigenvalue weighted by atomic mass is 10.1. The van der Waals surface area contributed by atoms with Gasteiger partial charge in [0.25, 0.3) is 0 Å². The summed E-state index contributed by atoms with van der Waals surface area (Å²) in [5.41, 5.74) is 1.40. The van der Waals surface area contributed by atoms with Crippen molar-refractivity contribution >= 4 is 17.5 Å². The second kappa shape index (κ2) is 5.85. The highest BCUT2D eigenvalue weighted by molar-refractivity contribution is 5.95. The van der Waals surface area contributed by atoms with Crippen LogP contribution in [0.3, 0.4) is 0 Å². The van der Waals surface area contributed by atoms with Gasteiger partial charge in [0.15, 0.2) is 5.78 Å². The summed E-state index contributed by atoms with van der Waals surface area (Å²) in [6, 6.07) is 7.40. The molecule has 2 amide bonds. The molecule has 1 N–H and O–H groups in total. The average molecular weight is 287 g/mol. The van der Waals surface area contributed by atoms with E-state index in [4.69, 9.17) is 0 Å². The van der Waals surface area contributed by atoms with Gasteiger partial charge in [-0.3, -0.25) is 4.79 Å². The normalized spacial score (nSPS) is 24.5. The molecule has 2 bridgehead atoms. The van der Waals surface area contributed by atoms with Gasteiger partial charge in [-0.1, -0.05) is 0 Å². The topological polar surface area (TPSA) is 52.7 Å². The Morgan fingerprint density at radius 2 is 1.71 bits per heavy atom. The zero-order chi connectivity index (χ0) is 14.8. The zero-order valence-corrected chi connectivity index (χ0v) is 12.3. The SMILES string of the molecule is CC(=O)c1ccc(NC(=O)N2CCN3CCC2CC3)cc1. The fraction of sp³-hybridized carbons (Fsp3) is 0.500. The molecule has 5 nitrogen and oxygen atoms in total. The maximum Gasteiger partial charge on any atom is 0.322 e. The third kappa shape index (κ3) is 3.08. The highest BCUT2D eigenvalue weighted by Gasteiger charge is 2.31. The monoisotopic (exact) mass is 287 g/mol. The standard InChI is InChI=1S/C16H21N3O2/c1-12(20)13-2-4-14(5-3-13)17-16(21)19-11-10-18-8-6-15(19)7-9-18/h2-5,15H,6-11H2,1H3,(H,17,21). The minimum Gasteiger partial charge on any atom is -0.320 e. The Morgan fingerprint density at radius 1 is 1.05 bits per heavy atom. The number of nitrogens with one attached hydrogen (secondary N) is 1. The van der Waals surface area contributed by atoms with Crippen molar-refractivity contribution in [2.24, 2.45) is 0 Å². The summed E-state index contributed by atoms with van der Waals surface area (Å²) in [7, 11) is 0. The van der Waals surface area contributed by atoms with E-state index in [-0.39, 0.29) is 11.8 Å². The minimum atomic E-state index is -0.0284. The van der Waals surface area contributed by atoms with Crippen LogP contribution in [0, 0.1) is 0 Å².